The highest BCUT2D eigenvalue weighted by Crippen LogP contribution is 2.33. The number of piperazine rings is 1. The maximum absolute atomic E-state index is 12.7. The second-order valence-corrected chi connectivity index (χ2v) is 9.16. The van der Waals surface area contributed by atoms with Crippen molar-refractivity contribution in [2.45, 2.75) is 30.2 Å². The summed E-state index contributed by atoms with van der Waals surface area (Å²) in [6, 6.07) is 8.70. The van der Waals surface area contributed by atoms with Crippen LogP contribution >= 0.6 is 0 Å². The summed E-state index contributed by atoms with van der Waals surface area (Å²) in [5, 5.41) is 0. The van der Waals surface area contributed by atoms with Gasteiger partial charge in [0.2, 0.25) is 21.8 Å². The highest BCUT2D eigenvalue weighted by molar-refractivity contribution is 7.89. The molecule has 8 heteroatoms. The van der Waals surface area contributed by atoms with Crippen LogP contribution in [0.25, 0.3) is 0 Å². The molecular weight excluding hydrogens is 354 g/mol. The van der Waals surface area contributed by atoms with E-state index in [0.717, 1.165) is 12.8 Å². The van der Waals surface area contributed by atoms with Gasteiger partial charge in [0.15, 0.2) is 0 Å². The molecule has 2 amide bonds. The average molecular weight is 377 g/mol. The molecule has 1 aromatic rings. The van der Waals surface area contributed by atoms with Crippen molar-refractivity contribution in [1.82, 2.24) is 14.1 Å². The highest BCUT2D eigenvalue weighted by Gasteiger charge is 2.43. The number of carbonyl (C=O) groups is 2. The van der Waals surface area contributed by atoms with Crippen molar-refractivity contribution in [3.63, 3.8) is 0 Å². The van der Waals surface area contributed by atoms with Gasteiger partial charge in [-0.15, -0.1) is 0 Å². The van der Waals surface area contributed by atoms with Crippen molar-refractivity contribution >= 4 is 21.8 Å². The number of rotatable bonds is 4. The molecule has 140 valence electrons. The third-order valence-corrected chi connectivity index (χ3v) is 7.34. The van der Waals surface area contributed by atoms with E-state index in [1.165, 1.54) is 4.31 Å². The van der Waals surface area contributed by atoms with Crippen molar-refractivity contribution in [1.29, 1.82) is 0 Å². The summed E-state index contributed by atoms with van der Waals surface area (Å²) in [5.41, 5.74) is 0. The van der Waals surface area contributed by atoms with Crippen molar-refractivity contribution < 1.29 is 18.0 Å². The van der Waals surface area contributed by atoms with Crippen LogP contribution in [0, 0.1) is 5.92 Å². The van der Waals surface area contributed by atoms with Crippen LogP contribution in [0.15, 0.2) is 35.2 Å². The molecule has 1 unspecified atom stereocenters. The molecule has 0 bridgehead atoms. The van der Waals surface area contributed by atoms with E-state index >= 15 is 0 Å². The van der Waals surface area contributed by atoms with E-state index in [1.54, 1.807) is 35.2 Å². The first-order valence-corrected chi connectivity index (χ1v) is 10.5. The fourth-order valence-electron chi connectivity index (χ4n) is 3.78. The molecule has 1 saturated carbocycles. The largest absolute Gasteiger partial charge is 0.340 e. The van der Waals surface area contributed by atoms with E-state index in [9.17, 15) is 18.0 Å². The molecule has 7 nitrogen and oxygen atoms in total. The second-order valence-electron chi connectivity index (χ2n) is 7.22. The van der Waals surface area contributed by atoms with Gasteiger partial charge in [-0.05, 0) is 25.0 Å². The number of carbonyl (C=O) groups excluding carboxylic acids is 2. The van der Waals surface area contributed by atoms with E-state index in [1.807, 2.05) is 4.90 Å². The predicted molar refractivity (Wildman–Crippen MR) is 94.6 cm³/mol. The maximum Gasteiger partial charge on any atom is 0.243 e. The minimum atomic E-state index is -3.52. The standard InChI is InChI=1S/C18H23N3O4S/c22-17-12-14(13-21(17)15-6-7-15)18(23)19-8-10-20(11-9-19)26(24,25)16-4-2-1-3-5-16/h1-5,14-15H,6-13H2. The maximum atomic E-state index is 12.7. The van der Waals surface area contributed by atoms with E-state index in [4.69, 9.17) is 0 Å². The topological polar surface area (TPSA) is 78.0 Å². The lowest BCUT2D eigenvalue weighted by atomic mass is 10.1. The predicted octanol–water partition coefficient (Wildman–Crippen LogP) is 0.530. The molecule has 2 aliphatic heterocycles. The molecule has 0 aromatic heterocycles. The molecule has 26 heavy (non-hydrogen) atoms. The molecule has 2 saturated heterocycles. The van der Waals surface area contributed by atoms with Gasteiger partial charge in [-0.3, -0.25) is 9.59 Å². The fourth-order valence-corrected chi connectivity index (χ4v) is 5.23. The van der Waals surface area contributed by atoms with Gasteiger partial charge in [0.05, 0.1) is 10.8 Å². The van der Waals surface area contributed by atoms with Gasteiger partial charge in [0.25, 0.3) is 0 Å². The third kappa shape index (κ3) is 3.23. The fraction of sp³-hybridized carbons (Fsp3) is 0.556. The van der Waals surface area contributed by atoms with Crippen LogP contribution in [0.4, 0.5) is 0 Å². The zero-order valence-electron chi connectivity index (χ0n) is 14.6. The molecule has 1 aromatic carbocycles. The number of benzene rings is 1. The summed E-state index contributed by atoms with van der Waals surface area (Å²) >= 11 is 0. The van der Waals surface area contributed by atoms with Gasteiger partial charge in [-0.2, -0.15) is 4.31 Å². The second kappa shape index (κ2) is 6.66. The van der Waals surface area contributed by atoms with Crippen LogP contribution in [-0.2, 0) is 19.6 Å². The zero-order valence-corrected chi connectivity index (χ0v) is 15.4. The van der Waals surface area contributed by atoms with Crippen LogP contribution in [0.5, 0.6) is 0 Å². The molecule has 1 atom stereocenters. The lowest BCUT2D eigenvalue weighted by molar-refractivity contribution is -0.137. The number of likely N-dealkylation sites (tertiary alicyclic amines) is 1. The highest BCUT2D eigenvalue weighted by atomic mass is 32.2. The summed E-state index contributed by atoms with van der Waals surface area (Å²) in [6.45, 7) is 1.84. The quantitative estimate of drug-likeness (QED) is 0.767. The Morgan fingerprint density at radius 1 is 1.00 bits per heavy atom. The minimum Gasteiger partial charge on any atom is -0.340 e. The summed E-state index contributed by atoms with van der Waals surface area (Å²) in [4.78, 5) is 28.6. The number of nitrogens with zero attached hydrogens (tertiary/aromatic N) is 3. The number of hydrogen-bond acceptors (Lipinski definition) is 4. The summed E-state index contributed by atoms with van der Waals surface area (Å²) in [6.07, 6.45) is 2.38. The van der Waals surface area contributed by atoms with Crippen LogP contribution in [0.1, 0.15) is 19.3 Å². The van der Waals surface area contributed by atoms with Gasteiger partial charge in [0, 0.05) is 45.2 Å². The molecule has 0 radical (unpaired) electrons. The first-order valence-electron chi connectivity index (χ1n) is 9.10. The Bertz CT molecular complexity index is 799. The Balaban J connectivity index is 1.36. The molecule has 4 rings (SSSR count). The SMILES string of the molecule is O=C(C1CC(=O)N(C2CC2)C1)N1CCN(S(=O)(=O)c2ccccc2)CC1. The third-order valence-electron chi connectivity index (χ3n) is 5.43. The van der Waals surface area contributed by atoms with Crippen LogP contribution in [0.2, 0.25) is 0 Å². The number of hydrogen-bond donors (Lipinski definition) is 0. The van der Waals surface area contributed by atoms with E-state index < -0.39 is 10.0 Å². The summed E-state index contributed by atoms with van der Waals surface area (Å²) in [7, 11) is -3.52. The Hall–Kier alpha value is -1.93. The zero-order chi connectivity index (χ0) is 18.3. The smallest absolute Gasteiger partial charge is 0.243 e. The van der Waals surface area contributed by atoms with Crippen molar-refractivity contribution in [3.05, 3.63) is 30.3 Å². The normalized spacial score (nSPS) is 24.9. The monoisotopic (exact) mass is 377 g/mol. The van der Waals surface area contributed by atoms with E-state index in [-0.39, 0.29) is 42.1 Å². The lowest BCUT2D eigenvalue weighted by Gasteiger charge is -2.35. The summed E-state index contributed by atoms with van der Waals surface area (Å²) < 4.78 is 26.8. The molecule has 2 heterocycles. The van der Waals surface area contributed by atoms with Crippen molar-refractivity contribution in [3.8, 4) is 0 Å². The molecule has 1 aliphatic carbocycles. The molecule has 0 spiro atoms. The molecule has 0 N–H and O–H groups in total. The number of amides is 2. The Morgan fingerprint density at radius 2 is 1.65 bits per heavy atom. The summed E-state index contributed by atoms with van der Waals surface area (Å²) in [5.74, 6) is -0.213. The molecular formula is C18H23N3O4S. The van der Waals surface area contributed by atoms with E-state index in [0.29, 0.717) is 25.7 Å². The van der Waals surface area contributed by atoms with Gasteiger partial charge < -0.3 is 9.80 Å². The van der Waals surface area contributed by atoms with Crippen LogP contribution in [0.3, 0.4) is 0 Å². The van der Waals surface area contributed by atoms with Crippen molar-refractivity contribution in [2.24, 2.45) is 5.92 Å². The Labute approximate surface area is 153 Å². The van der Waals surface area contributed by atoms with Crippen molar-refractivity contribution in [2.75, 3.05) is 32.7 Å². The van der Waals surface area contributed by atoms with Gasteiger partial charge >= 0.3 is 0 Å². The van der Waals surface area contributed by atoms with E-state index in [2.05, 4.69) is 0 Å². The van der Waals surface area contributed by atoms with Gasteiger partial charge in [0.1, 0.15) is 0 Å². The van der Waals surface area contributed by atoms with Crippen LogP contribution in [-0.4, -0.2) is 73.1 Å². The number of sulfonamides is 1. The Kier molecular flexibility index (Phi) is 4.48. The lowest BCUT2D eigenvalue weighted by Crippen LogP contribution is -2.52. The van der Waals surface area contributed by atoms with Gasteiger partial charge in [-0.25, -0.2) is 8.42 Å². The van der Waals surface area contributed by atoms with Gasteiger partial charge in [-0.1, -0.05) is 18.2 Å². The first kappa shape index (κ1) is 17.5. The minimum absolute atomic E-state index is 0.0155. The molecule has 3 fully saturated rings. The molecule has 3 aliphatic rings. The van der Waals surface area contributed by atoms with Crippen LogP contribution < -0.4 is 0 Å². The first-order chi connectivity index (χ1) is 12.5. The Morgan fingerprint density at radius 3 is 2.27 bits per heavy atom. The average Bonchev–Trinajstić information content (AvgIpc) is 3.44.